The van der Waals surface area contributed by atoms with Crippen molar-refractivity contribution in [2.75, 3.05) is 0 Å². The first-order valence-corrected chi connectivity index (χ1v) is 2.73. The van der Waals surface area contributed by atoms with Crippen LogP contribution in [0.25, 0.3) is 0 Å². The van der Waals surface area contributed by atoms with Gasteiger partial charge in [-0.2, -0.15) is 21.6 Å². The van der Waals surface area contributed by atoms with Crippen LogP contribution in [0.3, 0.4) is 0 Å². The average molecular weight is 175 g/mol. The van der Waals surface area contributed by atoms with Gasteiger partial charge >= 0.3 is 34.5 Å². The summed E-state index contributed by atoms with van der Waals surface area (Å²) in [6.45, 7) is 0. The van der Waals surface area contributed by atoms with Gasteiger partial charge in [0.05, 0.1) is 0 Å². The third-order valence-electron chi connectivity index (χ3n) is 0.292. The quantitative estimate of drug-likeness (QED) is 0.305. The number of hydrogen-bond donors (Lipinski definition) is 2. The van der Waals surface area contributed by atoms with E-state index in [1.165, 1.54) is 0 Å². The number of alkyl halides is 3. The fourth-order valence-electron chi connectivity index (χ4n) is 0. The molecular formula is CH5F3LiNO3S. The molecule has 0 saturated heterocycles. The Morgan fingerprint density at radius 3 is 1.30 bits per heavy atom. The van der Waals surface area contributed by atoms with Gasteiger partial charge in [0.2, 0.25) is 0 Å². The zero-order valence-corrected chi connectivity index (χ0v) is 4.83. The van der Waals surface area contributed by atoms with Crippen LogP contribution < -0.4 is 6.15 Å². The third kappa shape index (κ3) is 5.07. The number of rotatable bonds is 0. The van der Waals surface area contributed by atoms with Crippen LogP contribution in [-0.4, -0.2) is 37.3 Å². The van der Waals surface area contributed by atoms with Gasteiger partial charge in [-0.3, -0.25) is 4.55 Å². The summed E-state index contributed by atoms with van der Waals surface area (Å²) < 4.78 is 57.5. The molecule has 0 radical (unpaired) electrons. The molecule has 4 N–H and O–H groups in total. The van der Waals surface area contributed by atoms with Gasteiger partial charge in [-0.05, 0) is 0 Å². The first kappa shape index (κ1) is 16.7. The maximum atomic E-state index is 10.7. The molecule has 0 unspecified atom stereocenters. The van der Waals surface area contributed by atoms with Gasteiger partial charge < -0.3 is 6.15 Å². The molecule has 0 heterocycles. The van der Waals surface area contributed by atoms with Crippen molar-refractivity contribution in [1.82, 2.24) is 6.15 Å². The summed E-state index contributed by atoms with van der Waals surface area (Å²) in [5, 5.41) is 0. The summed E-state index contributed by atoms with van der Waals surface area (Å²) in [5.41, 5.74) is -5.53. The molecule has 0 rings (SSSR count). The predicted molar refractivity (Wildman–Crippen MR) is 29.8 cm³/mol. The van der Waals surface area contributed by atoms with Crippen LogP contribution in [0.4, 0.5) is 13.2 Å². The van der Waals surface area contributed by atoms with Crippen LogP contribution in [0, 0.1) is 0 Å². The van der Waals surface area contributed by atoms with Crippen molar-refractivity contribution in [2.45, 2.75) is 5.51 Å². The SMILES string of the molecule is N.O=S(=O)(O)C(F)(F)F.[LiH]. The van der Waals surface area contributed by atoms with Crippen molar-refractivity contribution in [3.05, 3.63) is 0 Å². The molecule has 9 heteroatoms. The fraction of sp³-hybridized carbons (Fsp3) is 1.00. The van der Waals surface area contributed by atoms with E-state index in [0.717, 1.165) is 0 Å². The molecule has 0 aromatic heterocycles. The number of halogens is 3. The Bertz CT molecular complexity index is 173. The van der Waals surface area contributed by atoms with E-state index in [4.69, 9.17) is 13.0 Å². The summed E-state index contributed by atoms with van der Waals surface area (Å²) in [5.74, 6) is 0. The van der Waals surface area contributed by atoms with Crippen molar-refractivity contribution in [2.24, 2.45) is 0 Å². The minimum atomic E-state index is -5.84. The van der Waals surface area contributed by atoms with Crippen LogP contribution >= 0.6 is 0 Å². The van der Waals surface area contributed by atoms with Crippen LogP contribution in [0.2, 0.25) is 0 Å². The Kier molecular flexibility index (Phi) is 7.01. The third-order valence-corrected chi connectivity index (χ3v) is 0.877. The van der Waals surface area contributed by atoms with Crippen LogP contribution in [0.15, 0.2) is 0 Å². The Labute approximate surface area is 67.3 Å². The van der Waals surface area contributed by atoms with E-state index in [-0.39, 0.29) is 25.0 Å². The molecule has 0 fully saturated rings. The zero-order valence-electron chi connectivity index (χ0n) is 4.01. The standard InChI is InChI=1S/CHF3O3S.Li.H3N.H/c2-1(3,4)8(5,6)7;;;/h(H,5,6,7);;1H3;. The Balaban J connectivity index is -0.000000245. The molecule has 0 aliphatic carbocycles. The van der Waals surface area contributed by atoms with Crippen molar-refractivity contribution in [3.63, 3.8) is 0 Å². The van der Waals surface area contributed by atoms with Gasteiger partial charge in [0.1, 0.15) is 0 Å². The van der Waals surface area contributed by atoms with Gasteiger partial charge in [-0.15, -0.1) is 0 Å². The predicted octanol–water partition coefficient (Wildman–Crippen LogP) is -0.0925. The molecule has 0 aliphatic rings. The van der Waals surface area contributed by atoms with Crippen LogP contribution in [0.1, 0.15) is 0 Å². The van der Waals surface area contributed by atoms with Crippen molar-refractivity contribution in [3.8, 4) is 0 Å². The van der Waals surface area contributed by atoms with E-state index in [0.29, 0.717) is 0 Å². The van der Waals surface area contributed by atoms with Gasteiger partial charge in [-0.25, -0.2) is 0 Å². The molecule has 0 bridgehead atoms. The van der Waals surface area contributed by atoms with E-state index in [9.17, 15) is 13.2 Å². The van der Waals surface area contributed by atoms with Gasteiger partial charge in [0, 0.05) is 0 Å². The van der Waals surface area contributed by atoms with Gasteiger partial charge in [0.15, 0.2) is 0 Å². The Morgan fingerprint density at radius 1 is 1.20 bits per heavy atom. The summed E-state index contributed by atoms with van der Waals surface area (Å²) >= 11 is 0. The maximum absolute atomic E-state index is 10.7. The van der Waals surface area contributed by atoms with Crippen LogP contribution in [0.5, 0.6) is 0 Å². The molecule has 10 heavy (non-hydrogen) atoms. The molecule has 0 aromatic rings. The van der Waals surface area contributed by atoms with Crippen molar-refractivity contribution < 1.29 is 26.1 Å². The van der Waals surface area contributed by atoms with Crippen molar-refractivity contribution >= 4 is 29.0 Å². The van der Waals surface area contributed by atoms with E-state index in [1.807, 2.05) is 0 Å². The van der Waals surface area contributed by atoms with Gasteiger partial charge in [-0.1, -0.05) is 0 Å². The summed E-state index contributed by atoms with van der Waals surface area (Å²) in [4.78, 5) is 0. The van der Waals surface area contributed by atoms with Gasteiger partial charge in [0.25, 0.3) is 0 Å². The molecule has 60 valence electrons. The zero-order chi connectivity index (χ0) is 7.00. The monoisotopic (exact) mass is 175 g/mol. The normalized spacial score (nSPS) is 11.2. The molecule has 0 aliphatic heterocycles. The molecule has 4 nitrogen and oxygen atoms in total. The molecule has 0 atom stereocenters. The molecule has 0 amide bonds. The number of hydrogen-bond acceptors (Lipinski definition) is 3. The first-order valence-electron chi connectivity index (χ1n) is 1.29. The summed E-state index contributed by atoms with van der Waals surface area (Å²) in [6, 6.07) is 0. The van der Waals surface area contributed by atoms with E-state index < -0.39 is 15.6 Å². The average Bonchev–Trinajstić information content (AvgIpc) is 1.25. The fourth-order valence-corrected chi connectivity index (χ4v) is 0. The Morgan fingerprint density at radius 2 is 1.30 bits per heavy atom. The van der Waals surface area contributed by atoms with Crippen LogP contribution in [-0.2, 0) is 10.1 Å². The topological polar surface area (TPSA) is 89.4 Å². The minimum absolute atomic E-state index is 0. The second kappa shape index (κ2) is 4.20. The van der Waals surface area contributed by atoms with E-state index >= 15 is 0 Å². The van der Waals surface area contributed by atoms with Crippen molar-refractivity contribution in [1.29, 1.82) is 0 Å². The molecule has 0 aromatic carbocycles. The summed E-state index contributed by atoms with van der Waals surface area (Å²) in [6.07, 6.45) is 0. The van der Waals surface area contributed by atoms with E-state index in [2.05, 4.69) is 0 Å². The second-order valence-electron chi connectivity index (χ2n) is 0.921. The second-order valence-corrected chi connectivity index (χ2v) is 2.33. The molecule has 0 spiro atoms. The Hall–Kier alpha value is 0.257. The molecular weight excluding hydrogens is 170 g/mol. The van der Waals surface area contributed by atoms with E-state index in [1.54, 1.807) is 0 Å². The summed E-state index contributed by atoms with van der Waals surface area (Å²) in [7, 11) is -5.84. The molecule has 0 saturated carbocycles. The first-order chi connectivity index (χ1) is 3.25.